The SMILES string of the molecule is O=C(NCc1noc(-c2c(F)cccc2F)n1)NC[C@H]1CNCCO1. The first-order valence-corrected chi connectivity index (χ1v) is 7.74. The van der Waals surface area contributed by atoms with Crippen molar-refractivity contribution in [2.45, 2.75) is 12.6 Å². The number of urea groups is 1. The van der Waals surface area contributed by atoms with Crippen LogP contribution in [-0.4, -0.2) is 48.5 Å². The average molecular weight is 353 g/mol. The third-order valence-electron chi connectivity index (χ3n) is 3.55. The lowest BCUT2D eigenvalue weighted by Crippen LogP contribution is -2.47. The second kappa shape index (κ2) is 7.99. The summed E-state index contributed by atoms with van der Waals surface area (Å²) in [6.07, 6.45) is -0.0830. The summed E-state index contributed by atoms with van der Waals surface area (Å²) in [4.78, 5) is 15.6. The number of halogens is 2. The Kier molecular flexibility index (Phi) is 5.51. The standard InChI is InChI=1S/C15H17F2N5O3/c16-10-2-1-3-11(17)13(10)14-21-12(22-25-14)8-20-15(23)19-7-9-6-18-4-5-24-9/h1-3,9,18H,4-8H2,(H2,19,20,23)/t9-/m1/s1. The molecule has 1 aliphatic rings. The molecule has 2 aromatic rings. The molecule has 2 heterocycles. The lowest BCUT2D eigenvalue weighted by Gasteiger charge is -2.23. The molecule has 1 saturated heterocycles. The van der Waals surface area contributed by atoms with Crippen molar-refractivity contribution in [3.8, 4) is 11.5 Å². The summed E-state index contributed by atoms with van der Waals surface area (Å²) in [5.41, 5.74) is -0.396. The number of carbonyl (C=O) groups excluding carboxylic acids is 1. The van der Waals surface area contributed by atoms with Crippen molar-refractivity contribution in [1.82, 2.24) is 26.1 Å². The van der Waals surface area contributed by atoms with Crippen LogP contribution in [0.1, 0.15) is 5.82 Å². The number of hydrogen-bond donors (Lipinski definition) is 3. The summed E-state index contributed by atoms with van der Waals surface area (Å²) in [6.45, 7) is 2.38. The van der Waals surface area contributed by atoms with Crippen molar-refractivity contribution in [2.24, 2.45) is 0 Å². The fraction of sp³-hybridized carbons (Fsp3) is 0.400. The molecule has 1 fully saturated rings. The largest absolute Gasteiger partial charge is 0.374 e. The lowest BCUT2D eigenvalue weighted by atomic mass is 10.2. The molecule has 1 atom stereocenters. The second-order valence-electron chi connectivity index (χ2n) is 5.37. The lowest BCUT2D eigenvalue weighted by molar-refractivity contribution is 0.0307. The van der Waals surface area contributed by atoms with Crippen molar-refractivity contribution >= 4 is 6.03 Å². The van der Waals surface area contributed by atoms with Crippen LogP contribution in [0, 0.1) is 11.6 Å². The van der Waals surface area contributed by atoms with Gasteiger partial charge in [0, 0.05) is 19.6 Å². The molecule has 134 valence electrons. The van der Waals surface area contributed by atoms with Gasteiger partial charge >= 0.3 is 6.03 Å². The highest BCUT2D eigenvalue weighted by Gasteiger charge is 2.18. The number of rotatable bonds is 5. The third-order valence-corrected chi connectivity index (χ3v) is 3.55. The van der Waals surface area contributed by atoms with Gasteiger partial charge in [-0.25, -0.2) is 13.6 Å². The van der Waals surface area contributed by atoms with E-state index in [-0.39, 0.29) is 24.4 Å². The predicted octanol–water partition coefficient (Wildman–Crippen LogP) is 0.802. The Balaban J connectivity index is 1.50. The molecule has 0 saturated carbocycles. The van der Waals surface area contributed by atoms with Crippen LogP contribution in [0.5, 0.6) is 0 Å². The van der Waals surface area contributed by atoms with Gasteiger partial charge in [-0.15, -0.1) is 0 Å². The highest BCUT2D eigenvalue weighted by molar-refractivity contribution is 5.73. The van der Waals surface area contributed by atoms with E-state index in [4.69, 9.17) is 9.26 Å². The second-order valence-corrected chi connectivity index (χ2v) is 5.37. The van der Waals surface area contributed by atoms with Crippen molar-refractivity contribution in [1.29, 1.82) is 0 Å². The van der Waals surface area contributed by atoms with Crippen LogP contribution in [0.25, 0.3) is 11.5 Å². The van der Waals surface area contributed by atoms with E-state index in [1.165, 1.54) is 6.07 Å². The maximum absolute atomic E-state index is 13.7. The van der Waals surface area contributed by atoms with Gasteiger partial charge in [0.05, 0.1) is 19.3 Å². The average Bonchev–Trinajstić information content (AvgIpc) is 3.07. The summed E-state index contributed by atoms with van der Waals surface area (Å²) in [7, 11) is 0. The summed E-state index contributed by atoms with van der Waals surface area (Å²) >= 11 is 0. The van der Waals surface area contributed by atoms with E-state index in [9.17, 15) is 13.6 Å². The van der Waals surface area contributed by atoms with Crippen LogP contribution in [-0.2, 0) is 11.3 Å². The van der Waals surface area contributed by atoms with Gasteiger partial charge in [-0.05, 0) is 12.1 Å². The normalized spacial score (nSPS) is 17.3. The number of hydrogen-bond acceptors (Lipinski definition) is 6. The van der Waals surface area contributed by atoms with Crippen LogP contribution < -0.4 is 16.0 Å². The molecule has 3 rings (SSSR count). The van der Waals surface area contributed by atoms with Crippen LogP contribution in [0.2, 0.25) is 0 Å². The van der Waals surface area contributed by atoms with Gasteiger partial charge in [0.25, 0.3) is 5.89 Å². The number of carbonyl (C=O) groups is 1. The molecule has 0 bridgehead atoms. The topological polar surface area (TPSA) is 101 Å². The smallest absolute Gasteiger partial charge is 0.315 e. The molecule has 10 heteroatoms. The number of benzene rings is 1. The van der Waals surface area contributed by atoms with E-state index in [1.54, 1.807) is 0 Å². The molecule has 0 radical (unpaired) electrons. The van der Waals surface area contributed by atoms with Crippen LogP contribution in [0.3, 0.4) is 0 Å². The van der Waals surface area contributed by atoms with Crippen molar-refractivity contribution in [3.05, 3.63) is 35.7 Å². The number of nitrogens with one attached hydrogen (secondary N) is 3. The number of ether oxygens (including phenoxy) is 1. The minimum Gasteiger partial charge on any atom is -0.374 e. The van der Waals surface area contributed by atoms with Crippen molar-refractivity contribution in [3.63, 3.8) is 0 Å². The van der Waals surface area contributed by atoms with E-state index >= 15 is 0 Å². The Labute approximate surface area is 141 Å². The summed E-state index contributed by atoms with van der Waals surface area (Å²) < 4.78 is 37.7. The Morgan fingerprint density at radius 3 is 2.84 bits per heavy atom. The van der Waals surface area contributed by atoms with Gasteiger partial charge in [-0.3, -0.25) is 0 Å². The van der Waals surface area contributed by atoms with Gasteiger partial charge < -0.3 is 25.2 Å². The first-order chi connectivity index (χ1) is 12.1. The molecule has 3 N–H and O–H groups in total. The molecule has 0 aliphatic carbocycles. The summed E-state index contributed by atoms with van der Waals surface area (Å²) in [6, 6.07) is 2.99. The zero-order valence-electron chi connectivity index (χ0n) is 13.2. The Bertz CT molecular complexity index is 713. The van der Waals surface area contributed by atoms with Crippen molar-refractivity contribution in [2.75, 3.05) is 26.2 Å². The predicted molar refractivity (Wildman–Crippen MR) is 82.5 cm³/mol. The van der Waals surface area contributed by atoms with Gasteiger partial charge in [0.15, 0.2) is 5.82 Å². The monoisotopic (exact) mass is 353 g/mol. The minimum absolute atomic E-state index is 0.0464. The van der Waals surface area contributed by atoms with E-state index < -0.39 is 23.2 Å². The van der Waals surface area contributed by atoms with E-state index in [0.29, 0.717) is 19.7 Å². The quantitative estimate of drug-likeness (QED) is 0.735. The first kappa shape index (κ1) is 17.2. The molecular weight excluding hydrogens is 336 g/mol. The molecule has 0 unspecified atom stereocenters. The highest BCUT2D eigenvalue weighted by Crippen LogP contribution is 2.24. The van der Waals surface area contributed by atoms with Gasteiger partial charge in [-0.1, -0.05) is 11.2 Å². The molecule has 2 amide bonds. The van der Waals surface area contributed by atoms with E-state index in [0.717, 1.165) is 18.7 Å². The fourth-order valence-corrected chi connectivity index (χ4v) is 2.31. The van der Waals surface area contributed by atoms with Gasteiger partial charge in [0.2, 0.25) is 0 Å². The molecule has 25 heavy (non-hydrogen) atoms. The molecule has 1 aliphatic heterocycles. The van der Waals surface area contributed by atoms with Crippen LogP contribution in [0.15, 0.2) is 22.7 Å². The molecule has 1 aromatic heterocycles. The van der Waals surface area contributed by atoms with Crippen LogP contribution in [0.4, 0.5) is 13.6 Å². The number of morpholine rings is 1. The number of aromatic nitrogens is 2. The minimum atomic E-state index is -0.804. The van der Waals surface area contributed by atoms with E-state index in [2.05, 4.69) is 26.1 Å². The Morgan fingerprint density at radius 1 is 1.32 bits per heavy atom. The summed E-state index contributed by atoms with van der Waals surface area (Å²) in [5, 5.41) is 11.9. The summed E-state index contributed by atoms with van der Waals surface area (Å²) in [5.74, 6) is -1.79. The van der Waals surface area contributed by atoms with Crippen LogP contribution >= 0.6 is 0 Å². The molecule has 8 nitrogen and oxygen atoms in total. The fourth-order valence-electron chi connectivity index (χ4n) is 2.31. The van der Waals surface area contributed by atoms with Gasteiger partial charge in [0.1, 0.15) is 17.2 Å². The maximum Gasteiger partial charge on any atom is 0.315 e. The first-order valence-electron chi connectivity index (χ1n) is 7.74. The number of nitrogens with zero attached hydrogens (tertiary/aromatic N) is 2. The number of amides is 2. The zero-order chi connectivity index (χ0) is 17.6. The molecule has 0 spiro atoms. The zero-order valence-corrected chi connectivity index (χ0v) is 13.2. The maximum atomic E-state index is 13.7. The molecule has 1 aromatic carbocycles. The van der Waals surface area contributed by atoms with Crippen molar-refractivity contribution < 1.29 is 22.8 Å². The Morgan fingerprint density at radius 2 is 2.12 bits per heavy atom. The third kappa shape index (κ3) is 4.48. The van der Waals surface area contributed by atoms with Gasteiger partial charge in [-0.2, -0.15) is 4.98 Å². The Hall–Kier alpha value is -2.59. The highest BCUT2D eigenvalue weighted by atomic mass is 19.1. The molecular formula is C15H17F2N5O3. The van der Waals surface area contributed by atoms with E-state index in [1.807, 2.05) is 0 Å².